The van der Waals surface area contributed by atoms with E-state index < -0.39 is 11.7 Å². The highest BCUT2D eigenvalue weighted by Gasteiger charge is 2.35. The summed E-state index contributed by atoms with van der Waals surface area (Å²) < 4.78 is 45.9. The number of nitrogens with zero attached hydrogens (tertiary/aromatic N) is 3. The zero-order chi connectivity index (χ0) is 18.9. The number of pyridine rings is 1. The first-order valence-corrected chi connectivity index (χ1v) is 7.80. The highest BCUT2D eigenvalue weighted by atomic mass is 19.4. The molecule has 0 radical (unpaired) electrons. The molecule has 0 amide bonds. The van der Waals surface area contributed by atoms with Crippen LogP contribution in [0, 0.1) is 0 Å². The minimum absolute atomic E-state index is 0.0272. The number of alkyl halides is 3. The van der Waals surface area contributed by atoms with Crippen LogP contribution in [0.4, 0.5) is 24.9 Å². The third kappa shape index (κ3) is 3.19. The predicted octanol–water partition coefficient (Wildman–Crippen LogP) is 3.73. The number of benzene rings is 1. The fourth-order valence-electron chi connectivity index (χ4n) is 2.66. The molecule has 0 unspecified atom stereocenters. The number of aromatic nitrogens is 3. The second-order valence-electron chi connectivity index (χ2n) is 5.36. The maximum atomic E-state index is 13.5. The van der Waals surface area contributed by atoms with Gasteiger partial charge in [0.1, 0.15) is 11.6 Å². The van der Waals surface area contributed by atoms with Gasteiger partial charge in [-0.2, -0.15) is 23.1 Å². The van der Waals surface area contributed by atoms with Crippen molar-refractivity contribution in [3.63, 3.8) is 0 Å². The van der Waals surface area contributed by atoms with Crippen LogP contribution in [0.2, 0.25) is 0 Å². The fraction of sp³-hybridized carbons (Fsp3) is 0.235. The van der Waals surface area contributed by atoms with E-state index in [1.54, 1.807) is 20.0 Å². The average molecular weight is 363 g/mol. The molecule has 0 spiro atoms. The smallest absolute Gasteiger partial charge is 0.417 e. The highest BCUT2D eigenvalue weighted by Crippen LogP contribution is 2.42. The van der Waals surface area contributed by atoms with Crippen LogP contribution < -0.4 is 15.8 Å². The molecule has 26 heavy (non-hydrogen) atoms. The number of nitrogens with one attached hydrogen (secondary N) is 1. The molecule has 0 bridgehead atoms. The lowest BCUT2D eigenvalue weighted by atomic mass is 10.0. The van der Waals surface area contributed by atoms with Crippen LogP contribution in [-0.2, 0) is 6.18 Å². The standard InChI is InChI=1S/C17H16F3N5O/c1-3-26-12-6-4-5-10(17(18,19)20)13(12)11-8-7-9-14(22-2)24-16(21)25-15(9)23-11/h4-8H,3H2,1-2H3,(H3,21,22,23,24,25). The fourth-order valence-corrected chi connectivity index (χ4v) is 2.66. The van der Waals surface area contributed by atoms with Gasteiger partial charge in [-0.3, -0.25) is 0 Å². The summed E-state index contributed by atoms with van der Waals surface area (Å²) in [5, 5.41) is 3.41. The SMILES string of the molecule is CCOc1cccc(C(F)(F)F)c1-c1ccc2c(NC)nc(N)nc2n1. The van der Waals surface area contributed by atoms with Crippen molar-refractivity contribution in [2.24, 2.45) is 0 Å². The molecule has 2 aromatic heterocycles. The zero-order valence-electron chi connectivity index (χ0n) is 14.1. The van der Waals surface area contributed by atoms with Gasteiger partial charge in [0.15, 0.2) is 5.65 Å². The summed E-state index contributed by atoms with van der Waals surface area (Å²) >= 11 is 0. The van der Waals surface area contributed by atoms with Crippen molar-refractivity contribution >= 4 is 22.8 Å². The Balaban J connectivity index is 2.29. The molecule has 0 fully saturated rings. The molecular weight excluding hydrogens is 347 g/mol. The van der Waals surface area contributed by atoms with Crippen LogP contribution >= 0.6 is 0 Å². The molecule has 3 aromatic rings. The van der Waals surface area contributed by atoms with E-state index in [4.69, 9.17) is 10.5 Å². The Labute approximate surface area is 147 Å². The van der Waals surface area contributed by atoms with E-state index in [1.165, 1.54) is 18.2 Å². The predicted molar refractivity (Wildman–Crippen MR) is 92.9 cm³/mol. The van der Waals surface area contributed by atoms with E-state index in [2.05, 4.69) is 20.3 Å². The van der Waals surface area contributed by atoms with E-state index >= 15 is 0 Å². The number of anilines is 2. The van der Waals surface area contributed by atoms with Crippen LogP contribution in [0.1, 0.15) is 12.5 Å². The molecule has 136 valence electrons. The summed E-state index contributed by atoms with van der Waals surface area (Å²) in [6.45, 7) is 1.92. The van der Waals surface area contributed by atoms with Gasteiger partial charge in [0.25, 0.3) is 0 Å². The molecule has 9 heteroatoms. The van der Waals surface area contributed by atoms with Crippen molar-refractivity contribution < 1.29 is 17.9 Å². The van der Waals surface area contributed by atoms with Crippen molar-refractivity contribution in [2.45, 2.75) is 13.1 Å². The summed E-state index contributed by atoms with van der Waals surface area (Å²) in [6.07, 6.45) is -4.56. The first-order valence-electron chi connectivity index (χ1n) is 7.80. The van der Waals surface area contributed by atoms with Crippen LogP contribution in [0.25, 0.3) is 22.3 Å². The van der Waals surface area contributed by atoms with E-state index in [9.17, 15) is 13.2 Å². The van der Waals surface area contributed by atoms with Gasteiger partial charge in [0.2, 0.25) is 5.95 Å². The minimum Gasteiger partial charge on any atom is -0.493 e. The molecule has 0 aliphatic rings. The van der Waals surface area contributed by atoms with Crippen molar-refractivity contribution in [3.8, 4) is 17.0 Å². The van der Waals surface area contributed by atoms with Crippen LogP contribution in [0.15, 0.2) is 30.3 Å². The number of halogens is 3. The third-order valence-corrected chi connectivity index (χ3v) is 3.70. The largest absolute Gasteiger partial charge is 0.493 e. The zero-order valence-corrected chi connectivity index (χ0v) is 14.1. The lowest BCUT2D eigenvalue weighted by Crippen LogP contribution is -2.09. The van der Waals surface area contributed by atoms with Crippen molar-refractivity contribution in [1.82, 2.24) is 15.0 Å². The Bertz CT molecular complexity index is 959. The maximum Gasteiger partial charge on any atom is 0.417 e. The number of fused-ring (bicyclic) bond motifs is 1. The molecule has 2 heterocycles. The molecule has 3 rings (SSSR count). The number of rotatable bonds is 4. The van der Waals surface area contributed by atoms with Crippen LogP contribution in [-0.4, -0.2) is 28.6 Å². The molecule has 6 nitrogen and oxygen atoms in total. The molecule has 0 saturated heterocycles. The number of ether oxygens (including phenoxy) is 1. The van der Waals surface area contributed by atoms with Gasteiger partial charge >= 0.3 is 6.18 Å². The normalized spacial score (nSPS) is 11.6. The minimum atomic E-state index is -4.56. The quantitative estimate of drug-likeness (QED) is 0.735. The molecule has 0 atom stereocenters. The summed E-state index contributed by atoms with van der Waals surface area (Å²) in [7, 11) is 1.65. The van der Waals surface area contributed by atoms with Crippen LogP contribution in [0.3, 0.4) is 0 Å². The number of hydrogen-bond donors (Lipinski definition) is 2. The molecular formula is C17H16F3N5O. The van der Waals surface area contributed by atoms with Crippen molar-refractivity contribution in [2.75, 3.05) is 24.7 Å². The third-order valence-electron chi connectivity index (χ3n) is 3.70. The van der Waals surface area contributed by atoms with Gasteiger partial charge in [-0.25, -0.2) is 4.98 Å². The van der Waals surface area contributed by atoms with Crippen LogP contribution in [0.5, 0.6) is 5.75 Å². The lowest BCUT2D eigenvalue weighted by Gasteiger charge is -2.17. The summed E-state index contributed by atoms with van der Waals surface area (Å²) in [5.74, 6) is 0.520. The van der Waals surface area contributed by atoms with Crippen molar-refractivity contribution in [3.05, 3.63) is 35.9 Å². The molecule has 0 aliphatic heterocycles. The number of nitrogen functional groups attached to an aromatic ring is 1. The monoisotopic (exact) mass is 363 g/mol. The van der Waals surface area contributed by atoms with E-state index in [0.717, 1.165) is 6.07 Å². The van der Waals surface area contributed by atoms with E-state index in [0.29, 0.717) is 11.2 Å². The maximum absolute atomic E-state index is 13.5. The molecule has 0 saturated carbocycles. The summed E-state index contributed by atoms with van der Waals surface area (Å²) in [5.41, 5.74) is 4.98. The summed E-state index contributed by atoms with van der Waals surface area (Å²) in [4.78, 5) is 12.3. The first kappa shape index (κ1) is 17.7. The van der Waals surface area contributed by atoms with Gasteiger partial charge in [-0.05, 0) is 31.2 Å². The highest BCUT2D eigenvalue weighted by molar-refractivity contribution is 5.89. The van der Waals surface area contributed by atoms with Gasteiger partial charge in [-0.15, -0.1) is 0 Å². The Hall–Kier alpha value is -3.10. The topological polar surface area (TPSA) is 86.0 Å². The number of nitrogens with two attached hydrogens (primary N) is 1. The Morgan fingerprint density at radius 2 is 1.88 bits per heavy atom. The van der Waals surface area contributed by atoms with Gasteiger partial charge < -0.3 is 15.8 Å². The Morgan fingerprint density at radius 3 is 2.54 bits per heavy atom. The van der Waals surface area contributed by atoms with Crippen molar-refractivity contribution in [1.29, 1.82) is 0 Å². The van der Waals surface area contributed by atoms with Gasteiger partial charge in [0, 0.05) is 7.05 Å². The second kappa shape index (κ2) is 6.66. The van der Waals surface area contributed by atoms with Gasteiger partial charge in [0.05, 0.1) is 28.8 Å². The van der Waals surface area contributed by atoms with Gasteiger partial charge in [-0.1, -0.05) is 6.07 Å². The van der Waals surface area contributed by atoms with E-state index in [1.807, 2.05) is 0 Å². The first-order chi connectivity index (χ1) is 12.3. The number of hydrogen-bond acceptors (Lipinski definition) is 6. The second-order valence-corrected chi connectivity index (χ2v) is 5.36. The average Bonchev–Trinajstić information content (AvgIpc) is 2.59. The molecule has 0 aliphatic carbocycles. The Morgan fingerprint density at radius 1 is 1.12 bits per heavy atom. The lowest BCUT2D eigenvalue weighted by molar-refractivity contribution is -0.137. The summed E-state index contributed by atoms with van der Waals surface area (Å²) in [6, 6.07) is 6.86. The molecule has 3 N–H and O–H groups in total. The van der Waals surface area contributed by atoms with E-state index in [-0.39, 0.29) is 35.2 Å². The Kier molecular flexibility index (Phi) is 4.54. The molecule has 1 aromatic carbocycles.